The number of pyridine rings is 1. The number of carbonyl (C=O) groups excluding carboxylic acids is 2. The van der Waals surface area contributed by atoms with E-state index in [1.807, 2.05) is 19.1 Å². The van der Waals surface area contributed by atoms with Crippen LogP contribution in [0.4, 0.5) is 10.6 Å². The predicted molar refractivity (Wildman–Crippen MR) is 88.3 cm³/mol. The van der Waals surface area contributed by atoms with Crippen LogP contribution in [0.5, 0.6) is 0 Å². The lowest BCUT2D eigenvalue weighted by atomic mass is 10.1. The SMILES string of the molecule is CCNC(=O)Nc1cccc(-c2cccc(C(=O)OCC)c2)n1. The fourth-order valence-corrected chi connectivity index (χ4v) is 2.01. The molecule has 0 unspecified atom stereocenters. The summed E-state index contributed by atoms with van der Waals surface area (Å²) < 4.78 is 5.00. The molecule has 6 heteroatoms. The van der Waals surface area contributed by atoms with Gasteiger partial charge in [-0.15, -0.1) is 0 Å². The molecule has 0 spiro atoms. The van der Waals surface area contributed by atoms with Crippen molar-refractivity contribution < 1.29 is 14.3 Å². The summed E-state index contributed by atoms with van der Waals surface area (Å²) in [5, 5.41) is 5.30. The first-order valence-electron chi connectivity index (χ1n) is 7.43. The van der Waals surface area contributed by atoms with Crippen LogP contribution in [0.25, 0.3) is 11.3 Å². The molecule has 0 aliphatic rings. The van der Waals surface area contributed by atoms with Gasteiger partial charge in [0.05, 0.1) is 17.9 Å². The molecule has 2 N–H and O–H groups in total. The number of hydrogen-bond acceptors (Lipinski definition) is 4. The normalized spacial score (nSPS) is 10.0. The Kier molecular flexibility index (Phi) is 5.68. The highest BCUT2D eigenvalue weighted by molar-refractivity contribution is 5.91. The standard InChI is InChI=1S/C17H19N3O3/c1-3-18-17(22)20-15-10-6-9-14(19-15)12-7-5-8-13(11-12)16(21)23-4-2/h5-11H,3-4H2,1-2H3,(H2,18,19,20,22). The zero-order valence-electron chi connectivity index (χ0n) is 13.1. The third-order valence-corrected chi connectivity index (χ3v) is 3.00. The molecule has 1 heterocycles. The number of ether oxygens (including phenoxy) is 1. The highest BCUT2D eigenvalue weighted by Gasteiger charge is 2.09. The second-order valence-corrected chi connectivity index (χ2v) is 4.69. The lowest BCUT2D eigenvalue weighted by Gasteiger charge is -2.08. The van der Waals surface area contributed by atoms with Crippen LogP contribution in [-0.4, -0.2) is 30.1 Å². The summed E-state index contributed by atoms with van der Waals surface area (Å²) in [7, 11) is 0. The zero-order valence-corrected chi connectivity index (χ0v) is 13.1. The van der Waals surface area contributed by atoms with Crippen molar-refractivity contribution in [3.05, 3.63) is 48.0 Å². The van der Waals surface area contributed by atoms with E-state index in [0.29, 0.717) is 30.2 Å². The van der Waals surface area contributed by atoms with Crippen LogP contribution in [0.2, 0.25) is 0 Å². The van der Waals surface area contributed by atoms with Crippen LogP contribution < -0.4 is 10.6 Å². The van der Waals surface area contributed by atoms with Gasteiger partial charge in [0.2, 0.25) is 0 Å². The molecule has 0 radical (unpaired) electrons. The highest BCUT2D eigenvalue weighted by Crippen LogP contribution is 2.20. The lowest BCUT2D eigenvalue weighted by molar-refractivity contribution is 0.0526. The fraction of sp³-hybridized carbons (Fsp3) is 0.235. The van der Waals surface area contributed by atoms with E-state index in [-0.39, 0.29) is 12.0 Å². The van der Waals surface area contributed by atoms with Crippen LogP contribution in [-0.2, 0) is 4.74 Å². The number of rotatable bonds is 5. The van der Waals surface area contributed by atoms with Gasteiger partial charge in [0, 0.05) is 12.1 Å². The topological polar surface area (TPSA) is 80.3 Å². The lowest BCUT2D eigenvalue weighted by Crippen LogP contribution is -2.28. The molecule has 6 nitrogen and oxygen atoms in total. The van der Waals surface area contributed by atoms with Gasteiger partial charge in [-0.25, -0.2) is 14.6 Å². The first-order chi connectivity index (χ1) is 11.1. The van der Waals surface area contributed by atoms with Crippen molar-refractivity contribution >= 4 is 17.8 Å². The number of carbonyl (C=O) groups is 2. The minimum atomic E-state index is -0.369. The quantitative estimate of drug-likeness (QED) is 0.831. The van der Waals surface area contributed by atoms with Crippen LogP contribution in [0.15, 0.2) is 42.5 Å². The Balaban J connectivity index is 2.23. The van der Waals surface area contributed by atoms with Crippen molar-refractivity contribution in [1.29, 1.82) is 0 Å². The van der Waals surface area contributed by atoms with Gasteiger partial charge in [-0.3, -0.25) is 5.32 Å². The number of hydrogen-bond donors (Lipinski definition) is 2. The van der Waals surface area contributed by atoms with Gasteiger partial charge in [0.1, 0.15) is 5.82 Å². The summed E-state index contributed by atoms with van der Waals surface area (Å²) in [6, 6.07) is 12.0. The number of esters is 1. The van der Waals surface area contributed by atoms with E-state index in [9.17, 15) is 9.59 Å². The molecule has 23 heavy (non-hydrogen) atoms. The van der Waals surface area contributed by atoms with Gasteiger partial charge in [0.25, 0.3) is 0 Å². The molecule has 0 aliphatic heterocycles. The first kappa shape index (κ1) is 16.5. The van der Waals surface area contributed by atoms with Gasteiger partial charge in [-0.2, -0.15) is 0 Å². The van der Waals surface area contributed by atoms with E-state index in [0.717, 1.165) is 5.56 Å². The molecule has 0 bridgehead atoms. The van der Waals surface area contributed by atoms with Crippen LogP contribution in [0.1, 0.15) is 24.2 Å². The van der Waals surface area contributed by atoms with Crippen LogP contribution >= 0.6 is 0 Å². The molecule has 2 rings (SSSR count). The van der Waals surface area contributed by atoms with E-state index in [4.69, 9.17) is 4.74 Å². The number of nitrogens with one attached hydrogen (secondary N) is 2. The minimum Gasteiger partial charge on any atom is -0.462 e. The summed E-state index contributed by atoms with van der Waals surface area (Å²) >= 11 is 0. The molecule has 120 valence electrons. The Hall–Kier alpha value is -2.89. The first-order valence-corrected chi connectivity index (χ1v) is 7.43. The maximum Gasteiger partial charge on any atom is 0.338 e. The van der Waals surface area contributed by atoms with E-state index in [2.05, 4.69) is 15.6 Å². The molecular formula is C17H19N3O3. The summed E-state index contributed by atoms with van der Waals surface area (Å²) in [4.78, 5) is 27.7. The monoisotopic (exact) mass is 313 g/mol. The van der Waals surface area contributed by atoms with Gasteiger partial charge >= 0.3 is 12.0 Å². The van der Waals surface area contributed by atoms with Crippen molar-refractivity contribution in [3.63, 3.8) is 0 Å². The number of anilines is 1. The highest BCUT2D eigenvalue weighted by atomic mass is 16.5. The zero-order chi connectivity index (χ0) is 16.7. The molecule has 1 aromatic carbocycles. The third kappa shape index (κ3) is 4.54. The molecule has 2 amide bonds. The van der Waals surface area contributed by atoms with Gasteiger partial charge in [0.15, 0.2) is 0 Å². The van der Waals surface area contributed by atoms with Gasteiger partial charge in [-0.1, -0.05) is 18.2 Å². The van der Waals surface area contributed by atoms with E-state index < -0.39 is 0 Å². The molecule has 0 aliphatic carbocycles. The van der Waals surface area contributed by atoms with Gasteiger partial charge in [-0.05, 0) is 38.1 Å². The van der Waals surface area contributed by atoms with E-state index >= 15 is 0 Å². The smallest absolute Gasteiger partial charge is 0.338 e. The largest absolute Gasteiger partial charge is 0.462 e. The van der Waals surface area contributed by atoms with Crippen molar-refractivity contribution in [2.24, 2.45) is 0 Å². The van der Waals surface area contributed by atoms with Gasteiger partial charge < -0.3 is 10.1 Å². The molecule has 0 atom stereocenters. The van der Waals surface area contributed by atoms with Crippen LogP contribution in [0.3, 0.4) is 0 Å². The number of aromatic nitrogens is 1. The maximum atomic E-state index is 11.8. The molecular weight excluding hydrogens is 294 g/mol. The molecule has 1 aromatic heterocycles. The molecule has 2 aromatic rings. The van der Waals surface area contributed by atoms with E-state index in [1.54, 1.807) is 37.3 Å². The Morgan fingerprint density at radius 3 is 2.65 bits per heavy atom. The minimum absolute atomic E-state index is 0.308. The number of urea groups is 1. The molecule has 0 saturated heterocycles. The Bertz CT molecular complexity index is 701. The Morgan fingerprint density at radius 2 is 1.91 bits per heavy atom. The summed E-state index contributed by atoms with van der Waals surface area (Å²) in [5.41, 5.74) is 1.90. The van der Waals surface area contributed by atoms with Crippen LogP contribution in [0, 0.1) is 0 Å². The van der Waals surface area contributed by atoms with Crippen molar-refractivity contribution in [3.8, 4) is 11.3 Å². The van der Waals surface area contributed by atoms with Crippen molar-refractivity contribution in [1.82, 2.24) is 10.3 Å². The Labute approximate surface area is 134 Å². The second kappa shape index (κ2) is 7.93. The Morgan fingerprint density at radius 1 is 1.13 bits per heavy atom. The predicted octanol–water partition coefficient (Wildman–Crippen LogP) is 3.07. The molecule has 0 fully saturated rings. The number of amides is 2. The number of benzene rings is 1. The van der Waals surface area contributed by atoms with Crippen molar-refractivity contribution in [2.75, 3.05) is 18.5 Å². The third-order valence-electron chi connectivity index (χ3n) is 3.00. The molecule has 0 saturated carbocycles. The summed E-state index contributed by atoms with van der Waals surface area (Å²) in [5.74, 6) is 0.0703. The maximum absolute atomic E-state index is 11.8. The number of nitrogens with zero attached hydrogens (tertiary/aromatic N) is 1. The summed E-state index contributed by atoms with van der Waals surface area (Å²) in [6.45, 7) is 4.46. The second-order valence-electron chi connectivity index (χ2n) is 4.69. The average molecular weight is 313 g/mol. The fourth-order valence-electron chi connectivity index (χ4n) is 2.01. The average Bonchev–Trinajstić information content (AvgIpc) is 2.55. The van der Waals surface area contributed by atoms with E-state index in [1.165, 1.54) is 0 Å². The summed E-state index contributed by atoms with van der Waals surface area (Å²) in [6.07, 6.45) is 0. The van der Waals surface area contributed by atoms with Crippen molar-refractivity contribution in [2.45, 2.75) is 13.8 Å².